The molecule has 0 aliphatic heterocycles. The second-order valence-corrected chi connectivity index (χ2v) is 18.4. The number of carboxylic acid groups (broad SMARTS) is 1. The maximum Gasteiger partial charge on any atom is 0.407 e. The van der Waals surface area contributed by atoms with Crippen molar-refractivity contribution in [1.82, 2.24) is 21.3 Å². The molecule has 0 saturated heterocycles. The maximum atomic E-state index is 14.3. The molecule has 14 nitrogen and oxygen atoms in total. The lowest BCUT2D eigenvalue weighted by Gasteiger charge is -2.32. The molecule has 0 bridgehead atoms. The summed E-state index contributed by atoms with van der Waals surface area (Å²) in [5, 5.41) is 20.8. The van der Waals surface area contributed by atoms with Crippen molar-refractivity contribution in [3.05, 3.63) is 95.6 Å². The summed E-state index contributed by atoms with van der Waals surface area (Å²) in [5.74, 6) is -3.88. The fourth-order valence-corrected chi connectivity index (χ4v) is 7.16. The highest BCUT2D eigenvalue weighted by Crippen LogP contribution is 2.44. The van der Waals surface area contributed by atoms with Gasteiger partial charge in [-0.2, -0.15) is 0 Å². The lowest BCUT2D eigenvalue weighted by molar-refractivity contribution is -0.150. The lowest BCUT2D eigenvalue weighted by atomic mass is 9.98. The molecular formula is C47H64N4O10. The smallest absolute Gasteiger partial charge is 0.407 e. The summed E-state index contributed by atoms with van der Waals surface area (Å²) < 4.78 is 23.8. The van der Waals surface area contributed by atoms with Crippen molar-refractivity contribution in [2.24, 2.45) is 0 Å². The summed E-state index contributed by atoms with van der Waals surface area (Å²) in [6.45, 7) is 18.9. The minimum absolute atomic E-state index is 0.00186. The Hall–Kier alpha value is -5.31. The van der Waals surface area contributed by atoms with Crippen molar-refractivity contribution in [3.8, 4) is 11.1 Å². The molecule has 0 fully saturated rings. The Labute approximate surface area is 359 Å². The van der Waals surface area contributed by atoms with Gasteiger partial charge in [0.2, 0.25) is 17.7 Å². The molecule has 4 amide bonds. The number of carbonyl (C=O) groups is 5. The van der Waals surface area contributed by atoms with Crippen LogP contribution in [0.5, 0.6) is 0 Å². The number of alkyl carbamates (subject to hydrolysis) is 1. The second-order valence-electron chi connectivity index (χ2n) is 18.4. The van der Waals surface area contributed by atoms with Crippen LogP contribution < -0.4 is 21.3 Å². The first-order chi connectivity index (χ1) is 28.4. The van der Waals surface area contributed by atoms with Crippen LogP contribution in [0.15, 0.2) is 78.9 Å². The first-order valence-corrected chi connectivity index (χ1v) is 20.7. The monoisotopic (exact) mass is 844 g/mol. The predicted molar refractivity (Wildman–Crippen MR) is 232 cm³/mol. The van der Waals surface area contributed by atoms with Crippen molar-refractivity contribution in [2.75, 3.05) is 13.2 Å². The number of aliphatic carboxylic acids is 1. The highest BCUT2D eigenvalue weighted by atomic mass is 16.6. The van der Waals surface area contributed by atoms with Gasteiger partial charge in [-0.05, 0) is 104 Å². The number of hydrogen-bond acceptors (Lipinski definition) is 9. The Morgan fingerprint density at radius 2 is 1.07 bits per heavy atom. The Morgan fingerprint density at radius 1 is 0.590 bits per heavy atom. The van der Waals surface area contributed by atoms with Crippen molar-refractivity contribution >= 4 is 29.8 Å². The molecule has 61 heavy (non-hydrogen) atoms. The largest absolute Gasteiger partial charge is 0.480 e. The number of hydrogen-bond donors (Lipinski definition) is 5. The normalized spacial score (nSPS) is 15.8. The number of carboxylic acids is 1. The molecular weight excluding hydrogens is 781 g/mol. The summed E-state index contributed by atoms with van der Waals surface area (Å²) in [5.41, 5.74) is 2.67. The van der Waals surface area contributed by atoms with E-state index in [1.807, 2.05) is 69.3 Å². The fourth-order valence-electron chi connectivity index (χ4n) is 7.16. The Kier molecular flexibility index (Phi) is 16.3. The summed E-state index contributed by atoms with van der Waals surface area (Å²) >= 11 is 0. The van der Waals surface area contributed by atoms with Gasteiger partial charge in [-0.15, -0.1) is 0 Å². The van der Waals surface area contributed by atoms with Crippen LogP contribution in [0.1, 0.15) is 98.8 Å². The van der Waals surface area contributed by atoms with Crippen LogP contribution >= 0.6 is 0 Å². The lowest BCUT2D eigenvalue weighted by Crippen LogP contribution is -2.62. The summed E-state index contributed by atoms with van der Waals surface area (Å²) in [6, 6.07) is 19.3. The van der Waals surface area contributed by atoms with Crippen LogP contribution in [0.3, 0.4) is 0 Å². The van der Waals surface area contributed by atoms with Crippen molar-refractivity contribution in [2.45, 2.75) is 142 Å². The number of rotatable bonds is 18. The molecule has 4 rings (SSSR count). The standard InChI is InChI=1S/C47H64N4O10/c1-28(60-46(6,7)8)38(51-44(57)58-26-35-33-23-17-15-21-31(33)32-22-16-18-24-34(32)35)42(54)49-37(27-59-45(3,4)5)41(53)48-36(25-30-19-13-12-14-20-30)40(52)50-39(43(55)56)29(2)61-47(9,10)11/h12-24,28-29,35-39H,25-27H2,1-11H3,(H,48,53)(H,49,54)(H,50,52)(H,51,57)(H,55,56)/t28-,29-,36+,37+,38+,39+/m1/s1. The molecule has 0 radical (unpaired) electrons. The first-order valence-electron chi connectivity index (χ1n) is 20.7. The number of fused-ring (bicyclic) bond motifs is 3. The van der Waals surface area contributed by atoms with Crippen molar-refractivity contribution in [3.63, 3.8) is 0 Å². The fraction of sp³-hybridized carbons (Fsp3) is 0.511. The van der Waals surface area contributed by atoms with Gasteiger partial charge in [0.1, 0.15) is 24.7 Å². The molecule has 1 aliphatic rings. The van der Waals surface area contributed by atoms with Gasteiger partial charge in [-0.25, -0.2) is 9.59 Å². The van der Waals surface area contributed by atoms with Crippen molar-refractivity contribution in [1.29, 1.82) is 0 Å². The summed E-state index contributed by atoms with van der Waals surface area (Å²) in [7, 11) is 0. The van der Waals surface area contributed by atoms with Gasteiger partial charge in [0.15, 0.2) is 6.04 Å². The average molecular weight is 845 g/mol. The van der Waals surface area contributed by atoms with Crippen molar-refractivity contribution < 1.29 is 48.0 Å². The molecule has 5 N–H and O–H groups in total. The number of carbonyl (C=O) groups excluding carboxylic acids is 4. The Balaban J connectivity index is 1.58. The molecule has 3 aromatic rings. The van der Waals surface area contributed by atoms with Crippen LogP contribution in [-0.4, -0.2) is 101 Å². The third-order valence-electron chi connectivity index (χ3n) is 9.71. The van der Waals surface area contributed by atoms with E-state index in [0.29, 0.717) is 5.56 Å². The highest BCUT2D eigenvalue weighted by Gasteiger charge is 2.38. The molecule has 6 atom stereocenters. The second kappa shape index (κ2) is 20.5. The molecule has 0 heterocycles. The Bertz CT molecular complexity index is 1940. The van der Waals surface area contributed by atoms with E-state index in [1.54, 1.807) is 85.7 Å². The molecule has 0 saturated carbocycles. The zero-order valence-electron chi connectivity index (χ0n) is 37.3. The van der Waals surface area contributed by atoms with Gasteiger partial charge in [0.25, 0.3) is 0 Å². The number of amides is 4. The number of ether oxygens (including phenoxy) is 4. The predicted octanol–water partition coefficient (Wildman–Crippen LogP) is 5.90. The minimum atomic E-state index is -1.45. The van der Waals surface area contributed by atoms with Gasteiger partial charge in [-0.1, -0.05) is 78.9 Å². The zero-order chi connectivity index (χ0) is 45.3. The van der Waals surface area contributed by atoms with E-state index in [-0.39, 0.29) is 25.6 Å². The van der Waals surface area contributed by atoms with Crippen LogP contribution in [0.4, 0.5) is 4.79 Å². The van der Waals surface area contributed by atoms with E-state index >= 15 is 0 Å². The Morgan fingerprint density at radius 3 is 1.57 bits per heavy atom. The number of benzene rings is 3. The third-order valence-corrected chi connectivity index (χ3v) is 9.71. The van der Waals surface area contributed by atoms with Gasteiger partial charge in [-0.3, -0.25) is 14.4 Å². The van der Waals surface area contributed by atoms with E-state index in [2.05, 4.69) is 21.3 Å². The van der Waals surface area contributed by atoms with Gasteiger partial charge < -0.3 is 45.3 Å². The van der Waals surface area contributed by atoms with Crippen LogP contribution in [0.2, 0.25) is 0 Å². The minimum Gasteiger partial charge on any atom is -0.480 e. The molecule has 14 heteroatoms. The van der Waals surface area contributed by atoms with Crippen LogP contribution in [0, 0.1) is 0 Å². The van der Waals surface area contributed by atoms with E-state index in [9.17, 15) is 29.1 Å². The molecule has 0 spiro atoms. The summed E-state index contributed by atoms with van der Waals surface area (Å²) in [6.07, 6.45) is -2.72. The van der Waals surface area contributed by atoms with Gasteiger partial charge in [0.05, 0.1) is 35.6 Å². The third kappa shape index (κ3) is 14.7. The van der Waals surface area contributed by atoms with Crippen LogP contribution in [0.25, 0.3) is 11.1 Å². The molecule has 1 aliphatic carbocycles. The van der Waals surface area contributed by atoms with Gasteiger partial charge >= 0.3 is 12.1 Å². The number of nitrogens with one attached hydrogen (secondary N) is 4. The van der Waals surface area contributed by atoms with E-state index < -0.39 is 83.0 Å². The SMILES string of the molecule is C[C@@H](OC(C)(C)C)[C@H](NC(=O)[C@H](Cc1ccccc1)NC(=O)[C@H](COC(C)(C)C)NC(=O)[C@@H](NC(=O)OCC1c2ccccc2-c2ccccc21)[C@@H](C)OC(C)(C)C)C(=O)O. The molecule has 3 aromatic carbocycles. The maximum absolute atomic E-state index is 14.3. The topological polar surface area (TPSA) is 191 Å². The highest BCUT2D eigenvalue weighted by molar-refractivity contribution is 5.95. The molecule has 0 unspecified atom stereocenters. The van der Waals surface area contributed by atoms with Crippen LogP contribution in [-0.2, 0) is 44.5 Å². The van der Waals surface area contributed by atoms with E-state index in [0.717, 1.165) is 22.3 Å². The molecule has 0 aromatic heterocycles. The zero-order valence-corrected chi connectivity index (χ0v) is 37.3. The van der Waals surface area contributed by atoms with Gasteiger partial charge in [0, 0.05) is 12.3 Å². The quantitative estimate of drug-likeness (QED) is 0.103. The first kappa shape index (κ1) is 48.4. The van der Waals surface area contributed by atoms with E-state index in [1.165, 1.54) is 0 Å². The average Bonchev–Trinajstić information content (AvgIpc) is 3.48. The molecule has 332 valence electrons. The summed E-state index contributed by atoms with van der Waals surface area (Å²) in [4.78, 5) is 68.4. The van der Waals surface area contributed by atoms with E-state index in [4.69, 9.17) is 18.9 Å².